The third-order valence-electron chi connectivity index (χ3n) is 2.70. The lowest BCUT2D eigenvalue weighted by atomic mass is 10.2. The van der Waals surface area contributed by atoms with Gasteiger partial charge in [0.25, 0.3) is 5.56 Å². The quantitative estimate of drug-likeness (QED) is 0.895. The van der Waals surface area contributed by atoms with Crippen LogP contribution in [0, 0.1) is 6.92 Å². The maximum Gasteiger partial charge on any atom is 0.309 e. The molecular formula is C13H11ClN2O4. The number of rotatable bonds is 3. The number of halogens is 1. The molecule has 2 rings (SSSR count). The number of nitrogens with zero attached hydrogens (tertiary/aromatic N) is 2. The zero-order chi connectivity index (χ0) is 14.9. The van der Waals surface area contributed by atoms with Gasteiger partial charge in [0.2, 0.25) is 0 Å². The van der Waals surface area contributed by atoms with Crippen LogP contribution in [0.4, 0.5) is 0 Å². The normalized spacial score (nSPS) is 10.5. The van der Waals surface area contributed by atoms with E-state index in [1.807, 2.05) is 0 Å². The molecule has 0 aliphatic heterocycles. The standard InChI is InChI=1S/C13H11ClN2O4/c1-7-2-3-8(14)4-10(7)16-12(18)6-11(17)9(15-16)5-13(19)20/h2-4,6,17H,5H2,1H3,(H,19,20). The number of hydrogen-bond acceptors (Lipinski definition) is 4. The van der Waals surface area contributed by atoms with E-state index in [2.05, 4.69) is 5.10 Å². The summed E-state index contributed by atoms with van der Waals surface area (Å²) in [5.74, 6) is -1.59. The Morgan fingerprint density at radius 3 is 2.75 bits per heavy atom. The van der Waals surface area contributed by atoms with Crippen molar-refractivity contribution in [1.82, 2.24) is 9.78 Å². The number of aromatic nitrogens is 2. The van der Waals surface area contributed by atoms with Crippen molar-refractivity contribution in [1.29, 1.82) is 0 Å². The van der Waals surface area contributed by atoms with E-state index in [-0.39, 0.29) is 5.69 Å². The van der Waals surface area contributed by atoms with Gasteiger partial charge in [0.1, 0.15) is 11.4 Å². The Bertz CT molecular complexity index is 740. The predicted octanol–water partition coefficient (Wildman–Crippen LogP) is 1.53. The summed E-state index contributed by atoms with van der Waals surface area (Å²) < 4.78 is 1.03. The highest BCUT2D eigenvalue weighted by Crippen LogP contribution is 2.19. The second-order valence-corrected chi connectivity index (χ2v) is 4.66. The lowest BCUT2D eigenvalue weighted by Gasteiger charge is -2.10. The number of carbonyl (C=O) groups is 1. The summed E-state index contributed by atoms with van der Waals surface area (Å²) in [6.45, 7) is 1.77. The highest BCUT2D eigenvalue weighted by atomic mass is 35.5. The average molecular weight is 295 g/mol. The smallest absolute Gasteiger partial charge is 0.309 e. The molecule has 0 saturated heterocycles. The third kappa shape index (κ3) is 2.80. The van der Waals surface area contributed by atoms with E-state index in [4.69, 9.17) is 16.7 Å². The topological polar surface area (TPSA) is 92.4 Å². The molecule has 2 N–H and O–H groups in total. The number of benzene rings is 1. The summed E-state index contributed by atoms with van der Waals surface area (Å²) in [5.41, 5.74) is 0.531. The summed E-state index contributed by atoms with van der Waals surface area (Å²) in [6.07, 6.45) is -0.480. The second kappa shape index (κ2) is 5.34. The van der Waals surface area contributed by atoms with Crippen LogP contribution >= 0.6 is 11.6 Å². The van der Waals surface area contributed by atoms with Crippen LogP contribution < -0.4 is 5.56 Å². The van der Waals surface area contributed by atoms with Gasteiger partial charge in [0.15, 0.2) is 0 Å². The first kappa shape index (κ1) is 14.1. The summed E-state index contributed by atoms with van der Waals surface area (Å²) in [5, 5.41) is 22.7. The minimum atomic E-state index is -1.15. The minimum Gasteiger partial charge on any atom is -0.506 e. The van der Waals surface area contributed by atoms with Gasteiger partial charge in [-0.05, 0) is 24.6 Å². The van der Waals surface area contributed by atoms with Gasteiger partial charge in [-0.15, -0.1) is 0 Å². The Labute approximate surface area is 118 Å². The maximum absolute atomic E-state index is 11.9. The van der Waals surface area contributed by atoms with Crippen LogP contribution in [0.2, 0.25) is 5.02 Å². The van der Waals surface area contributed by atoms with Gasteiger partial charge in [-0.25, -0.2) is 0 Å². The van der Waals surface area contributed by atoms with Crippen molar-refractivity contribution in [3.63, 3.8) is 0 Å². The zero-order valence-electron chi connectivity index (χ0n) is 10.5. The summed E-state index contributed by atoms with van der Waals surface area (Å²) in [7, 11) is 0. The van der Waals surface area contributed by atoms with Gasteiger partial charge in [-0.3, -0.25) is 9.59 Å². The lowest BCUT2D eigenvalue weighted by Crippen LogP contribution is -2.23. The van der Waals surface area contributed by atoms with E-state index in [0.717, 1.165) is 16.3 Å². The minimum absolute atomic E-state index is 0.0866. The monoisotopic (exact) mass is 294 g/mol. The molecular weight excluding hydrogens is 284 g/mol. The zero-order valence-corrected chi connectivity index (χ0v) is 11.3. The van der Waals surface area contributed by atoms with Gasteiger partial charge < -0.3 is 10.2 Å². The average Bonchev–Trinajstić information content (AvgIpc) is 2.35. The number of aryl methyl sites for hydroxylation is 1. The van der Waals surface area contributed by atoms with Crippen molar-refractivity contribution in [3.8, 4) is 11.4 Å². The molecule has 7 heteroatoms. The molecule has 0 fully saturated rings. The fraction of sp³-hybridized carbons (Fsp3) is 0.154. The third-order valence-corrected chi connectivity index (χ3v) is 2.94. The number of carboxylic acid groups (broad SMARTS) is 1. The molecule has 6 nitrogen and oxygen atoms in total. The van der Waals surface area contributed by atoms with E-state index in [1.54, 1.807) is 25.1 Å². The van der Waals surface area contributed by atoms with Crippen molar-refractivity contribution in [2.24, 2.45) is 0 Å². The molecule has 0 radical (unpaired) electrons. The molecule has 0 aliphatic rings. The van der Waals surface area contributed by atoms with Crippen molar-refractivity contribution < 1.29 is 15.0 Å². The Hall–Kier alpha value is -2.34. The van der Waals surface area contributed by atoms with Crippen molar-refractivity contribution >= 4 is 17.6 Å². The Morgan fingerprint density at radius 1 is 1.40 bits per heavy atom. The van der Waals surface area contributed by atoms with Crippen LogP contribution in [0.25, 0.3) is 5.69 Å². The van der Waals surface area contributed by atoms with Gasteiger partial charge in [-0.1, -0.05) is 17.7 Å². The summed E-state index contributed by atoms with van der Waals surface area (Å²) in [4.78, 5) is 22.6. The molecule has 2 aromatic rings. The molecule has 0 unspecified atom stereocenters. The van der Waals surface area contributed by atoms with Crippen LogP contribution in [0.5, 0.6) is 5.75 Å². The van der Waals surface area contributed by atoms with Crippen LogP contribution in [0.1, 0.15) is 11.3 Å². The molecule has 104 valence electrons. The van der Waals surface area contributed by atoms with Crippen LogP contribution in [0.3, 0.4) is 0 Å². The molecule has 1 heterocycles. The van der Waals surface area contributed by atoms with E-state index >= 15 is 0 Å². The fourth-order valence-corrected chi connectivity index (χ4v) is 1.90. The molecule has 1 aromatic carbocycles. The number of hydrogen-bond donors (Lipinski definition) is 2. The first-order chi connectivity index (χ1) is 9.38. The van der Waals surface area contributed by atoms with Gasteiger partial charge in [0.05, 0.1) is 12.1 Å². The molecule has 0 amide bonds. The van der Waals surface area contributed by atoms with E-state index < -0.39 is 23.7 Å². The van der Waals surface area contributed by atoms with Crippen molar-refractivity contribution in [2.45, 2.75) is 13.3 Å². The van der Waals surface area contributed by atoms with Gasteiger partial charge >= 0.3 is 5.97 Å². The molecule has 0 bridgehead atoms. The second-order valence-electron chi connectivity index (χ2n) is 4.23. The predicted molar refractivity (Wildman–Crippen MR) is 72.6 cm³/mol. The summed E-state index contributed by atoms with van der Waals surface area (Å²) >= 11 is 5.89. The van der Waals surface area contributed by atoms with Crippen LogP contribution in [-0.4, -0.2) is 26.0 Å². The molecule has 20 heavy (non-hydrogen) atoms. The Balaban J connectivity index is 2.64. The Kier molecular flexibility index (Phi) is 3.76. The molecule has 0 atom stereocenters. The van der Waals surface area contributed by atoms with Crippen LogP contribution in [-0.2, 0) is 11.2 Å². The summed E-state index contributed by atoms with van der Waals surface area (Å²) in [6, 6.07) is 5.87. The Morgan fingerprint density at radius 2 is 2.10 bits per heavy atom. The SMILES string of the molecule is Cc1ccc(Cl)cc1-n1nc(CC(=O)O)c(O)cc1=O. The van der Waals surface area contributed by atoms with Crippen molar-refractivity contribution in [2.75, 3.05) is 0 Å². The first-order valence-corrected chi connectivity index (χ1v) is 6.07. The lowest BCUT2D eigenvalue weighted by molar-refractivity contribution is -0.136. The molecule has 1 aromatic heterocycles. The largest absolute Gasteiger partial charge is 0.506 e. The van der Waals surface area contributed by atoms with E-state index in [1.165, 1.54) is 0 Å². The van der Waals surface area contributed by atoms with E-state index in [0.29, 0.717) is 10.7 Å². The number of carboxylic acids is 1. The maximum atomic E-state index is 11.9. The van der Waals surface area contributed by atoms with Gasteiger partial charge in [0, 0.05) is 11.1 Å². The van der Waals surface area contributed by atoms with E-state index in [9.17, 15) is 14.7 Å². The van der Waals surface area contributed by atoms with Crippen LogP contribution in [0.15, 0.2) is 29.1 Å². The molecule has 0 saturated carbocycles. The van der Waals surface area contributed by atoms with Crippen molar-refractivity contribution in [3.05, 3.63) is 50.9 Å². The number of aliphatic carboxylic acids is 1. The highest BCUT2D eigenvalue weighted by molar-refractivity contribution is 6.30. The highest BCUT2D eigenvalue weighted by Gasteiger charge is 2.13. The van der Waals surface area contributed by atoms with Gasteiger partial charge in [-0.2, -0.15) is 9.78 Å². The molecule has 0 spiro atoms. The first-order valence-electron chi connectivity index (χ1n) is 5.69. The number of aromatic hydroxyl groups is 1. The molecule has 0 aliphatic carbocycles. The fourth-order valence-electron chi connectivity index (χ4n) is 1.74.